The van der Waals surface area contributed by atoms with Crippen molar-refractivity contribution in [2.75, 3.05) is 11.4 Å². The number of carbonyl (C=O) groups is 4. The Morgan fingerprint density at radius 3 is 2.33 bits per heavy atom. The highest BCUT2D eigenvalue weighted by atomic mass is 16.2. The number of Topliss-reactive ketones (excluding diaryl/α,β-unsaturated/α-hetero) is 1. The molecule has 1 aliphatic heterocycles. The van der Waals surface area contributed by atoms with Crippen LogP contribution in [0.4, 0.5) is 10.5 Å². The van der Waals surface area contributed by atoms with E-state index in [1.54, 1.807) is 18.2 Å². The first-order valence-electron chi connectivity index (χ1n) is 6.17. The molecular weight excluding hydrogens is 272 g/mol. The molecule has 1 unspecified atom stereocenters. The zero-order valence-corrected chi connectivity index (χ0v) is 11.3. The minimum Gasteiger partial charge on any atom is -0.299 e. The molecule has 1 atom stereocenters. The highest BCUT2D eigenvalue weighted by Crippen LogP contribution is 2.24. The van der Waals surface area contributed by atoms with Crippen LogP contribution in [-0.4, -0.2) is 35.1 Å². The fraction of sp³-hybridized carbons (Fsp3) is 0.200. The molecular formula is C15H12N2O4. The smallest absolute Gasteiger partial charge is 0.299 e. The maximum Gasteiger partial charge on any atom is 0.338 e. The lowest BCUT2D eigenvalue weighted by Gasteiger charge is -2.35. The number of barbiturate groups is 1. The van der Waals surface area contributed by atoms with Crippen molar-refractivity contribution >= 4 is 29.3 Å². The van der Waals surface area contributed by atoms with E-state index in [0.717, 1.165) is 16.7 Å². The van der Waals surface area contributed by atoms with Crippen molar-refractivity contribution in [1.29, 1.82) is 0 Å². The third-order valence-electron chi connectivity index (χ3n) is 3.07. The Morgan fingerprint density at radius 2 is 1.81 bits per heavy atom. The largest absolute Gasteiger partial charge is 0.338 e. The number of hydrogen-bond acceptors (Lipinski definition) is 4. The summed E-state index contributed by atoms with van der Waals surface area (Å²) in [5.41, 5.74) is 0.285. The van der Waals surface area contributed by atoms with E-state index in [1.165, 1.54) is 12.1 Å². The van der Waals surface area contributed by atoms with Crippen LogP contribution in [0.5, 0.6) is 0 Å². The van der Waals surface area contributed by atoms with E-state index in [1.807, 2.05) is 0 Å². The number of para-hydroxylation sites is 1. The van der Waals surface area contributed by atoms with Crippen molar-refractivity contribution < 1.29 is 19.2 Å². The van der Waals surface area contributed by atoms with Crippen molar-refractivity contribution in [3.05, 3.63) is 30.3 Å². The zero-order chi connectivity index (χ0) is 15.6. The van der Waals surface area contributed by atoms with Crippen LogP contribution in [-0.2, 0) is 14.4 Å². The minimum atomic E-state index is -1.53. The van der Waals surface area contributed by atoms with Gasteiger partial charge in [0.25, 0.3) is 11.8 Å². The summed E-state index contributed by atoms with van der Waals surface area (Å²) in [7, 11) is 0. The lowest BCUT2D eigenvalue weighted by atomic mass is 9.99. The Balaban J connectivity index is 2.51. The van der Waals surface area contributed by atoms with Crippen LogP contribution in [0.2, 0.25) is 0 Å². The number of benzene rings is 1. The number of terminal acetylenes is 1. The summed E-state index contributed by atoms with van der Waals surface area (Å²) in [6, 6.07) is 7.23. The van der Waals surface area contributed by atoms with Crippen LogP contribution in [0.25, 0.3) is 0 Å². The molecule has 0 aliphatic carbocycles. The van der Waals surface area contributed by atoms with Gasteiger partial charge in [-0.25, -0.2) is 9.69 Å². The van der Waals surface area contributed by atoms with Gasteiger partial charge in [0.2, 0.25) is 0 Å². The number of amides is 4. The van der Waals surface area contributed by atoms with E-state index in [-0.39, 0.29) is 12.2 Å². The van der Waals surface area contributed by atoms with E-state index >= 15 is 0 Å². The van der Waals surface area contributed by atoms with Gasteiger partial charge in [0.05, 0.1) is 12.2 Å². The summed E-state index contributed by atoms with van der Waals surface area (Å²) in [5.74, 6) is -1.70. The second-order valence-electron chi connectivity index (χ2n) is 4.46. The van der Waals surface area contributed by atoms with Gasteiger partial charge in [0.15, 0.2) is 11.7 Å². The monoisotopic (exact) mass is 284 g/mol. The van der Waals surface area contributed by atoms with Crippen LogP contribution >= 0.6 is 0 Å². The molecule has 1 aromatic carbocycles. The van der Waals surface area contributed by atoms with Gasteiger partial charge in [-0.15, -0.1) is 6.42 Å². The summed E-state index contributed by atoms with van der Waals surface area (Å²) < 4.78 is 0. The van der Waals surface area contributed by atoms with Crippen molar-refractivity contribution in [3.63, 3.8) is 0 Å². The van der Waals surface area contributed by atoms with Gasteiger partial charge < -0.3 is 0 Å². The maximum atomic E-state index is 12.3. The number of ketones is 1. The molecule has 0 saturated carbocycles. The molecule has 0 bridgehead atoms. The average Bonchev–Trinajstić information content (AvgIpc) is 2.44. The van der Waals surface area contributed by atoms with Crippen molar-refractivity contribution in [3.8, 4) is 12.3 Å². The van der Waals surface area contributed by atoms with Crippen LogP contribution in [0, 0.1) is 18.3 Å². The second-order valence-corrected chi connectivity index (χ2v) is 4.46. The van der Waals surface area contributed by atoms with Gasteiger partial charge >= 0.3 is 6.03 Å². The summed E-state index contributed by atoms with van der Waals surface area (Å²) in [6.07, 6.45) is 5.14. The average molecular weight is 284 g/mol. The Bertz CT molecular complexity index is 660. The van der Waals surface area contributed by atoms with Crippen LogP contribution in [0.3, 0.4) is 0 Å². The third-order valence-corrected chi connectivity index (χ3v) is 3.07. The molecule has 0 aromatic heterocycles. The highest BCUT2D eigenvalue weighted by Gasteiger charge is 2.48. The van der Waals surface area contributed by atoms with Crippen molar-refractivity contribution in [1.82, 2.24) is 4.90 Å². The topological polar surface area (TPSA) is 74.8 Å². The van der Waals surface area contributed by atoms with E-state index in [0.29, 0.717) is 0 Å². The number of imide groups is 2. The molecule has 6 heteroatoms. The summed E-state index contributed by atoms with van der Waals surface area (Å²) in [5, 5.41) is 0. The predicted octanol–water partition coefficient (Wildman–Crippen LogP) is 0.820. The molecule has 1 fully saturated rings. The van der Waals surface area contributed by atoms with Crippen LogP contribution < -0.4 is 4.90 Å². The first kappa shape index (κ1) is 14.5. The van der Waals surface area contributed by atoms with Gasteiger partial charge in [0.1, 0.15) is 0 Å². The first-order valence-corrected chi connectivity index (χ1v) is 6.17. The Labute approximate surface area is 121 Å². The number of carbonyl (C=O) groups excluding carboxylic acids is 4. The molecule has 1 aromatic rings. The van der Waals surface area contributed by atoms with Gasteiger partial charge in [-0.05, 0) is 19.1 Å². The van der Waals surface area contributed by atoms with E-state index in [4.69, 9.17) is 6.42 Å². The molecule has 21 heavy (non-hydrogen) atoms. The quantitative estimate of drug-likeness (QED) is 0.608. The molecule has 6 nitrogen and oxygen atoms in total. The Kier molecular flexibility index (Phi) is 3.85. The highest BCUT2D eigenvalue weighted by molar-refractivity contribution is 6.34. The molecule has 1 aliphatic rings. The van der Waals surface area contributed by atoms with E-state index in [9.17, 15) is 19.2 Å². The minimum absolute atomic E-state index is 0.285. The number of anilines is 1. The summed E-state index contributed by atoms with van der Waals surface area (Å²) in [4.78, 5) is 49.9. The van der Waals surface area contributed by atoms with Gasteiger partial charge in [0, 0.05) is 0 Å². The fourth-order valence-corrected chi connectivity index (χ4v) is 2.10. The van der Waals surface area contributed by atoms with Crippen LogP contribution in [0.15, 0.2) is 30.3 Å². The van der Waals surface area contributed by atoms with Gasteiger partial charge in [-0.1, -0.05) is 24.1 Å². The van der Waals surface area contributed by atoms with E-state index < -0.39 is 29.5 Å². The molecule has 106 valence electrons. The molecule has 0 radical (unpaired) electrons. The Morgan fingerprint density at radius 1 is 1.19 bits per heavy atom. The molecule has 2 rings (SSSR count). The SMILES string of the molecule is C#CCN1C(=O)C(C(C)=O)C(=O)N(c2ccccc2)C1=O. The summed E-state index contributed by atoms with van der Waals surface area (Å²) in [6.45, 7) is 0.839. The Hall–Kier alpha value is -2.94. The van der Waals surface area contributed by atoms with Crippen molar-refractivity contribution in [2.24, 2.45) is 5.92 Å². The fourth-order valence-electron chi connectivity index (χ4n) is 2.10. The van der Waals surface area contributed by atoms with Gasteiger partial charge in [-0.2, -0.15) is 0 Å². The second kappa shape index (κ2) is 5.59. The maximum absolute atomic E-state index is 12.3. The van der Waals surface area contributed by atoms with Crippen molar-refractivity contribution in [2.45, 2.75) is 6.92 Å². The lowest BCUT2D eigenvalue weighted by molar-refractivity contribution is -0.145. The number of rotatable bonds is 3. The number of hydrogen-bond donors (Lipinski definition) is 0. The predicted molar refractivity (Wildman–Crippen MR) is 74.0 cm³/mol. The number of nitrogens with zero attached hydrogens (tertiary/aromatic N) is 2. The first-order chi connectivity index (χ1) is 9.99. The normalized spacial score (nSPS) is 18.7. The van der Waals surface area contributed by atoms with Crippen LogP contribution in [0.1, 0.15) is 6.92 Å². The van der Waals surface area contributed by atoms with E-state index in [2.05, 4.69) is 5.92 Å². The molecule has 1 heterocycles. The summed E-state index contributed by atoms with van der Waals surface area (Å²) >= 11 is 0. The molecule has 1 saturated heterocycles. The lowest BCUT2D eigenvalue weighted by Crippen LogP contribution is -2.61. The molecule has 0 spiro atoms. The zero-order valence-electron chi connectivity index (χ0n) is 11.3. The third kappa shape index (κ3) is 2.41. The molecule has 4 amide bonds. The standard InChI is InChI=1S/C15H12N2O4/c1-3-9-16-13(19)12(10(2)18)14(20)17(15(16)21)11-7-5-4-6-8-11/h1,4-8,12H,9H2,2H3. The molecule has 0 N–H and O–H groups in total. The van der Waals surface area contributed by atoms with Gasteiger partial charge in [-0.3, -0.25) is 19.3 Å². The number of urea groups is 1.